The Morgan fingerprint density at radius 1 is 1.25 bits per heavy atom. The van der Waals surface area contributed by atoms with Gasteiger partial charge in [-0.05, 0) is 0 Å². The number of alkyl halides is 4. The molecule has 0 amide bonds. The van der Waals surface area contributed by atoms with Crippen molar-refractivity contribution in [3.05, 3.63) is 0 Å². The molecule has 1 aliphatic rings. The van der Waals surface area contributed by atoms with Crippen molar-refractivity contribution in [1.82, 2.24) is 0 Å². The maximum atomic E-state index is 12.8. The van der Waals surface area contributed by atoms with Crippen molar-refractivity contribution in [2.24, 2.45) is 0 Å². The second kappa shape index (κ2) is 2.32. The molecule has 1 atom stereocenters. The molecule has 1 heterocycles. The van der Waals surface area contributed by atoms with E-state index in [4.69, 9.17) is 0 Å². The molecule has 1 rings (SSSR count). The van der Waals surface area contributed by atoms with Crippen molar-refractivity contribution >= 4 is 10.1 Å². The average molecular weight is 208 g/mol. The lowest BCUT2D eigenvalue weighted by molar-refractivity contribution is -0.277. The van der Waals surface area contributed by atoms with Gasteiger partial charge < -0.3 is 0 Å². The summed E-state index contributed by atoms with van der Waals surface area (Å²) < 4.78 is 72.1. The number of halogens is 4. The number of hydrogen-bond acceptors (Lipinski definition) is 3. The van der Waals surface area contributed by atoms with Gasteiger partial charge in [-0.3, -0.25) is 4.39 Å². The zero-order valence-corrected chi connectivity index (χ0v) is 6.38. The van der Waals surface area contributed by atoms with Crippen molar-refractivity contribution in [1.29, 1.82) is 0 Å². The fourth-order valence-electron chi connectivity index (χ4n) is 0.770. The van der Waals surface area contributed by atoms with Crippen LogP contribution in [0.3, 0.4) is 0 Å². The van der Waals surface area contributed by atoms with Crippen LogP contribution in [0.15, 0.2) is 0 Å². The summed E-state index contributed by atoms with van der Waals surface area (Å²) >= 11 is 0. The fraction of sp³-hybridized carbons (Fsp3) is 1.00. The Bertz CT molecular complexity index is 287. The van der Waals surface area contributed by atoms with Crippen LogP contribution >= 0.6 is 0 Å². The first-order chi connectivity index (χ1) is 5.27. The summed E-state index contributed by atoms with van der Waals surface area (Å²) in [6.07, 6.45) is -5.85. The van der Waals surface area contributed by atoms with Gasteiger partial charge in [-0.1, -0.05) is 0 Å². The van der Waals surface area contributed by atoms with E-state index in [-0.39, 0.29) is 0 Å². The molecule has 8 heteroatoms. The second-order valence-corrected chi connectivity index (χ2v) is 3.94. The average Bonchev–Trinajstić information content (AvgIpc) is 1.85. The molecule has 0 radical (unpaired) electrons. The molecule has 0 saturated carbocycles. The summed E-state index contributed by atoms with van der Waals surface area (Å²) in [7, 11) is -4.95. The minimum absolute atomic E-state index is 1.41. The molecular weight excluding hydrogens is 204 g/mol. The Balaban J connectivity index is 2.99. The summed E-state index contributed by atoms with van der Waals surface area (Å²) in [4.78, 5) is 0. The van der Waals surface area contributed by atoms with E-state index in [2.05, 4.69) is 4.18 Å². The summed E-state index contributed by atoms with van der Waals surface area (Å²) in [5.41, 5.74) is 0. The van der Waals surface area contributed by atoms with Gasteiger partial charge in [0.2, 0.25) is 0 Å². The van der Waals surface area contributed by atoms with Crippen LogP contribution in [-0.4, -0.2) is 26.2 Å². The Kier molecular flexibility index (Phi) is 1.88. The molecule has 3 nitrogen and oxygen atoms in total. The van der Waals surface area contributed by atoms with Gasteiger partial charge in [-0.2, -0.15) is 21.4 Å². The maximum absolute atomic E-state index is 12.8. The standard InChI is InChI=1S/C4H4F4O3S/c5-2-1-3(6)4(7,8)11-12(3,9)10/h1-2H2. The molecule has 0 aromatic carbocycles. The molecule has 1 fully saturated rings. The van der Waals surface area contributed by atoms with Gasteiger partial charge in [0, 0.05) is 6.42 Å². The van der Waals surface area contributed by atoms with Gasteiger partial charge in [0.15, 0.2) is 0 Å². The lowest BCUT2D eigenvalue weighted by Gasteiger charge is -2.39. The van der Waals surface area contributed by atoms with E-state index in [0.29, 0.717) is 0 Å². The zero-order chi connectivity index (χ0) is 9.62. The maximum Gasteiger partial charge on any atom is 0.420 e. The van der Waals surface area contributed by atoms with Gasteiger partial charge in [0.25, 0.3) is 0 Å². The Morgan fingerprint density at radius 3 is 1.92 bits per heavy atom. The van der Waals surface area contributed by atoms with E-state index < -0.39 is 34.3 Å². The molecule has 1 saturated heterocycles. The van der Waals surface area contributed by atoms with Gasteiger partial charge in [0.05, 0.1) is 6.67 Å². The lowest BCUT2D eigenvalue weighted by atomic mass is 10.2. The van der Waals surface area contributed by atoms with Gasteiger partial charge >= 0.3 is 21.2 Å². The van der Waals surface area contributed by atoms with Crippen LogP contribution in [0.25, 0.3) is 0 Å². The Labute approximate surface area is 65.4 Å². The first-order valence-corrected chi connectivity index (χ1v) is 4.25. The van der Waals surface area contributed by atoms with E-state index in [1.54, 1.807) is 0 Å². The molecule has 0 N–H and O–H groups in total. The quantitative estimate of drug-likeness (QED) is 0.501. The van der Waals surface area contributed by atoms with E-state index in [0.717, 1.165) is 0 Å². The lowest BCUT2D eigenvalue weighted by Crippen LogP contribution is -2.64. The first-order valence-electron chi connectivity index (χ1n) is 2.85. The third-order valence-corrected chi connectivity index (χ3v) is 3.12. The molecule has 12 heavy (non-hydrogen) atoms. The third-order valence-electron chi connectivity index (χ3n) is 1.46. The van der Waals surface area contributed by atoms with E-state index in [1.807, 2.05) is 0 Å². The van der Waals surface area contributed by atoms with Crippen molar-refractivity contribution in [3.63, 3.8) is 0 Å². The van der Waals surface area contributed by atoms with E-state index in [1.165, 1.54) is 0 Å². The highest BCUT2D eigenvalue weighted by atomic mass is 32.2. The minimum atomic E-state index is -4.95. The van der Waals surface area contributed by atoms with Gasteiger partial charge in [-0.15, -0.1) is 0 Å². The van der Waals surface area contributed by atoms with Crippen LogP contribution in [0.1, 0.15) is 6.42 Å². The van der Waals surface area contributed by atoms with Crippen LogP contribution in [-0.2, 0) is 14.3 Å². The predicted octanol–water partition coefficient (Wildman–Crippen LogP) is 0.965. The monoisotopic (exact) mass is 208 g/mol. The topological polar surface area (TPSA) is 43.4 Å². The zero-order valence-electron chi connectivity index (χ0n) is 5.56. The molecule has 0 aromatic rings. The van der Waals surface area contributed by atoms with Crippen molar-refractivity contribution in [3.8, 4) is 0 Å². The summed E-state index contributed by atoms with van der Waals surface area (Å²) in [6.45, 7) is -1.49. The Morgan fingerprint density at radius 2 is 1.75 bits per heavy atom. The molecule has 0 aromatic heterocycles. The number of hydrogen-bond donors (Lipinski definition) is 0. The van der Waals surface area contributed by atoms with E-state index >= 15 is 0 Å². The largest absolute Gasteiger partial charge is 0.420 e. The van der Waals surface area contributed by atoms with Crippen molar-refractivity contribution < 1.29 is 30.2 Å². The molecule has 0 bridgehead atoms. The minimum Gasteiger partial charge on any atom is -0.251 e. The molecule has 1 unspecified atom stereocenters. The fourth-order valence-corrected chi connectivity index (χ4v) is 1.85. The SMILES string of the molecule is O=S1(=O)OC(F)(F)C1(F)CCF. The molecule has 1 aliphatic heterocycles. The van der Waals surface area contributed by atoms with Crippen molar-refractivity contribution in [2.75, 3.05) is 6.67 Å². The summed E-state index contributed by atoms with van der Waals surface area (Å²) in [5, 5.41) is -3.89. The Hall–Kier alpha value is -0.370. The highest BCUT2D eigenvalue weighted by Gasteiger charge is 2.78. The van der Waals surface area contributed by atoms with Crippen LogP contribution in [0, 0.1) is 0 Å². The van der Waals surface area contributed by atoms with Crippen LogP contribution in [0.2, 0.25) is 0 Å². The molecule has 72 valence electrons. The van der Waals surface area contributed by atoms with Gasteiger partial charge in [-0.25, -0.2) is 4.39 Å². The van der Waals surface area contributed by atoms with Crippen LogP contribution in [0.4, 0.5) is 17.6 Å². The third kappa shape index (κ3) is 0.939. The van der Waals surface area contributed by atoms with Gasteiger partial charge in [0.1, 0.15) is 0 Å². The molecular formula is C4H4F4O3S. The predicted molar refractivity (Wildman–Crippen MR) is 29.4 cm³/mol. The normalized spacial score (nSPS) is 37.3. The van der Waals surface area contributed by atoms with E-state index in [9.17, 15) is 26.0 Å². The van der Waals surface area contributed by atoms with Crippen molar-refractivity contribution in [2.45, 2.75) is 17.5 Å². The highest BCUT2D eigenvalue weighted by molar-refractivity contribution is 7.89. The molecule has 0 aliphatic carbocycles. The van der Waals surface area contributed by atoms with Crippen LogP contribution in [0.5, 0.6) is 0 Å². The first kappa shape index (κ1) is 9.72. The number of rotatable bonds is 2. The second-order valence-electron chi connectivity index (χ2n) is 2.22. The van der Waals surface area contributed by atoms with Crippen LogP contribution < -0.4 is 0 Å². The smallest absolute Gasteiger partial charge is 0.251 e. The highest BCUT2D eigenvalue weighted by Crippen LogP contribution is 2.52. The summed E-state index contributed by atoms with van der Waals surface area (Å²) in [6, 6.07) is 0. The summed E-state index contributed by atoms with van der Waals surface area (Å²) in [5.74, 6) is 0. The molecule has 0 spiro atoms.